The van der Waals surface area contributed by atoms with Crippen LogP contribution in [-0.2, 0) is 16.6 Å². The van der Waals surface area contributed by atoms with E-state index in [1.807, 2.05) is 31.4 Å². The molecule has 0 radical (unpaired) electrons. The molecule has 1 heterocycles. The lowest BCUT2D eigenvalue weighted by Crippen LogP contribution is -2.36. The molecule has 0 saturated heterocycles. The number of thiophene rings is 1. The normalized spacial score (nSPS) is 12.2. The van der Waals surface area contributed by atoms with Crippen LogP contribution in [0.25, 0.3) is 0 Å². The fourth-order valence-corrected chi connectivity index (χ4v) is 4.58. The van der Waals surface area contributed by atoms with E-state index in [9.17, 15) is 8.42 Å². The molecule has 114 valence electrons. The highest BCUT2D eigenvalue weighted by Crippen LogP contribution is 2.27. The maximum absolute atomic E-state index is 12.8. The van der Waals surface area contributed by atoms with Crippen LogP contribution in [-0.4, -0.2) is 18.8 Å². The van der Waals surface area contributed by atoms with Crippen molar-refractivity contribution in [1.29, 1.82) is 0 Å². The Bertz CT molecular complexity index is 713. The predicted molar refractivity (Wildman–Crippen MR) is 88.0 cm³/mol. The zero-order valence-electron chi connectivity index (χ0n) is 11.8. The molecule has 0 amide bonds. The van der Waals surface area contributed by atoms with Gasteiger partial charge in [0.2, 0.25) is 10.0 Å². The van der Waals surface area contributed by atoms with Crippen LogP contribution >= 0.6 is 22.9 Å². The summed E-state index contributed by atoms with van der Waals surface area (Å²) in [6.07, 6.45) is 0. The molecule has 0 saturated carbocycles. The Labute approximate surface area is 134 Å². The largest absolute Gasteiger partial charge is 0.398 e. The van der Waals surface area contributed by atoms with Gasteiger partial charge in [-0.1, -0.05) is 17.7 Å². The monoisotopic (exact) mass is 344 g/mol. The van der Waals surface area contributed by atoms with Crippen LogP contribution in [0, 0.1) is 0 Å². The molecule has 0 atom stereocenters. The molecule has 2 aromatic rings. The van der Waals surface area contributed by atoms with E-state index in [2.05, 4.69) is 0 Å². The van der Waals surface area contributed by atoms with Crippen molar-refractivity contribution in [2.24, 2.45) is 0 Å². The molecule has 0 aliphatic rings. The number of nitrogens with zero attached hydrogens (tertiary/aromatic N) is 1. The molecule has 0 unspecified atom stereocenters. The van der Waals surface area contributed by atoms with Gasteiger partial charge in [0.1, 0.15) is 0 Å². The Morgan fingerprint density at radius 2 is 2.05 bits per heavy atom. The van der Waals surface area contributed by atoms with Crippen LogP contribution in [0.3, 0.4) is 0 Å². The summed E-state index contributed by atoms with van der Waals surface area (Å²) in [5.41, 5.74) is 6.00. The molecule has 2 rings (SSSR count). The lowest BCUT2D eigenvalue weighted by molar-refractivity contribution is 0.350. The molecule has 0 fully saturated rings. The molecule has 7 heteroatoms. The van der Waals surface area contributed by atoms with Crippen molar-refractivity contribution in [3.05, 3.63) is 45.6 Å². The summed E-state index contributed by atoms with van der Waals surface area (Å²) in [5.74, 6) is 0. The fraction of sp³-hybridized carbons (Fsp3) is 0.286. The molecule has 0 aliphatic carbocycles. The second kappa shape index (κ2) is 6.36. The Hall–Kier alpha value is -1.08. The van der Waals surface area contributed by atoms with Gasteiger partial charge in [-0.3, -0.25) is 0 Å². The van der Waals surface area contributed by atoms with Gasteiger partial charge in [0, 0.05) is 17.5 Å². The minimum absolute atomic E-state index is 0.159. The van der Waals surface area contributed by atoms with E-state index in [0.717, 1.165) is 4.88 Å². The van der Waals surface area contributed by atoms with Crippen LogP contribution in [0.4, 0.5) is 5.69 Å². The molecule has 1 aromatic heterocycles. The number of hydrogen-bond acceptors (Lipinski definition) is 4. The SMILES string of the molecule is CC(C)N(Cc1cccs1)S(=O)(=O)c1ccc(N)c(Cl)c1. The van der Waals surface area contributed by atoms with Gasteiger partial charge in [-0.25, -0.2) is 8.42 Å². The Morgan fingerprint density at radius 1 is 1.33 bits per heavy atom. The summed E-state index contributed by atoms with van der Waals surface area (Å²) in [6.45, 7) is 4.05. The molecule has 21 heavy (non-hydrogen) atoms. The van der Waals surface area contributed by atoms with E-state index in [4.69, 9.17) is 17.3 Å². The first-order valence-corrected chi connectivity index (χ1v) is 9.11. The van der Waals surface area contributed by atoms with Gasteiger partial charge in [-0.15, -0.1) is 11.3 Å². The van der Waals surface area contributed by atoms with Gasteiger partial charge >= 0.3 is 0 Å². The van der Waals surface area contributed by atoms with Gasteiger partial charge in [0.15, 0.2) is 0 Å². The molecule has 1 aromatic carbocycles. The fourth-order valence-electron chi connectivity index (χ4n) is 1.90. The second-order valence-corrected chi connectivity index (χ2v) is 8.24. The van der Waals surface area contributed by atoms with Gasteiger partial charge in [0.25, 0.3) is 0 Å². The van der Waals surface area contributed by atoms with Crippen molar-refractivity contribution in [1.82, 2.24) is 4.31 Å². The number of rotatable bonds is 5. The van der Waals surface area contributed by atoms with Crippen molar-refractivity contribution in [3.63, 3.8) is 0 Å². The highest BCUT2D eigenvalue weighted by Gasteiger charge is 2.27. The maximum Gasteiger partial charge on any atom is 0.243 e. The third-order valence-electron chi connectivity index (χ3n) is 3.05. The van der Waals surface area contributed by atoms with E-state index in [0.29, 0.717) is 12.2 Å². The first kappa shape index (κ1) is 16.3. The quantitative estimate of drug-likeness (QED) is 0.843. The smallest absolute Gasteiger partial charge is 0.243 e. The number of sulfonamides is 1. The van der Waals surface area contributed by atoms with Crippen LogP contribution in [0.5, 0.6) is 0 Å². The standard InChI is InChI=1S/C14H17ClN2O2S2/c1-10(2)17(9-11-4-3-7-20-11)21(18,19)12-5-6-14(16)13(15)8-12/h3-8,10H,9,16H2,1-2H3. The molecule has 4 nitrogen and oxygen atoms in total. The highest BCUT2D eigenvalue weighted by molar-refractivity contribution is 7.89. The summed E-state index contributed by atoms with van der Waals surface area (Å²) in [6, 6.07) is 8.07. The van der Waals surface area contributed by atoms with E-state index >= 15 is 0 Å². The number of halogens is 1. The minimum atomic E-state index is -3.62. The summed E-state index contributed by atoms with van der Waals surface area (Å²) >= 11 is 7.47. The number of nitrogens with two attached hydrogens (primary N) is 1. The first-order valence-electron chi connectivity index (χ1n) is 6.41. The van der Waals surface area contributed by atoms with Crippen molar-refractivity contribution in [2.45, 2.75) is 31.3 Å². The summed E-state index contributed by atoms with van der Waals surface area (Å²) in [5, 5.41) is 2.18. The van der Waals surface area contributed by atoms with Crippen LogP contribution < -0.4 is 5.73 Å². The number of nitrogen functional groups attached to an aromatic ring is 1. The zero-order valence-corrected chi connectivity index (χ0v) is 14.2. The number of hydrogen-bond donors (Lipinski definition) is 1. The summed E-state index contributed by atoms with van der Waals surface area (Å²) in [7, 11) is -3.62. The average molecular weight is 345 g/mol. The first-order chi connectivity index (χ1) is 9.82. The van der Waals surface area contributed by atoms with Crippen LogP contribution in [0.1, 0.15) is 18.7 Å². The number of benzene rings is 1. The van der Waals surface area contributed by atoms with E-state index in [1.165, 1.54) is 33.8 Å². The third kappa shape index (κ3) is 3.58. The molecule has 0 aliphatic heterocycles. The van der Waals surface area contributed by atoms with Crippen LogP contribution in [0.2, 0.25) is 5.02 Å². The molecule has 0 bridgehead atoms. The Morgan fingerprint density at radius 3 is 2.57 bits per heavy atom. The maximum atomic E-state index is 12.8. The predicted octanol–water partition coefficient (Wildman–Crippen LogP) is 3.58. The minimum Gasteiger partial charge on any atom is -0.398 e. The van der Waals surface area contributed by atoms with Crippen molar-refractivity contribution < 1.29 is 8.42 Å². The highest BCUT2D eigenvalue weighted by atomic mass is 35.5. The van der Waals surface area contributed by atoms with Crippen molar-refractivity contribution >= 4 is 38.6 Å². The number of anilines is 1. The van der Waals surface area contributed by atoms with E-state index < -0.39 is 10.0 Å². The molecule has 2 N–H and O–H groups in total. The Kier molecular flexibility index (Phi) is 4.93. The summed E-state index contributed by atoms with van der Waals surface area (Å²) in [4.78, 5) is 1.15. The van der Waals surface area contributed by atoms with Crippen molar-refractivity contribution in [3.8, 4) is 0 Å². The van der Waals surface area contributed by atoms with E-state index in [-0.39, 0.29) is 16.0 Å². The van der Waals surface area contributed by atoms with Gasteiger partial charge in [-0.2, -0.15) is 4.31 Å². The van der Waals surface area contributed by atoms with E-state index in [1.54, 1.807) is 0 Å². The summed E-state index contributed by atoms with van der Waals surface area (Å²) < 4.78 is 27.0. The van der Waals surface area contributed by atoms with Gasteiger partial charge in [0.05, 0.1) is 15.6 Å². The van der Waals surface area contributed by atoms with Crippen molar-refractivity contribution in [2.75, 3.05) is 5.73 Å². The zero-order chi connectivity index (χ0) is 15.6. The second-order valence-electron chi connectivity index (χ2n) is 4.91. The topological polar surface area (TPSA) is 63.4 Å². The lowest BCUT2D eigenvalue weighted by atomic mass is 10.3. The van der Waals surface area contributed by atoms with Crippen LogP contribution in [0.15, 0.2) is 40.6 Å². The van der Waals surface area contributed by atoms with Gasteiger partial charge in [-0.05, 0) is 43.5 Å². The van der Waals surface area contributed by atoms with Gasteiger partial charge < -0.3 is 5.73 Å². The lowest BCUT2D eigenvalue weighted by Gasteiger charge is -2.25. The third-order valence-corrected chi connectivity index (χ3v) is 6.25. The molecular formula is C14H17ClN2O2S2. The molecule has 0 spiro atoms. The molecular weight excluding hydrogens is 328 g/mol. The Balaban J connectivity index is 2.39. The average Bonchev–Trinajstić information content (AvgIpc) is 2.91.